The van der Waals surface area contributed by atoms with E-state index in [0.717, 1.165) is 24.5 Å². The number of rotatable bonds is 7. The molecule has 0 atom stereocenters. The van der Waals surface area contributed by atoms with Gasteiger partial charge in [0.25, 0.3) is 0 Å². The van der Waals surface area contributed by atoms with E-state index in [1.165, 1.54) is 37.6 Å². The van der Waals surface area contributed by atoms with Gasteiger partial charge in [-0.15, -0.1) is 0 Å². The van der Waals surface area contributed by atoms with Crippen molar-refractivity contribution in [2.24, 2.45) is 0 Å². The molecule has 0 bridgehead atoms. The van der Waals surface area contributed by atoms with Crippen LogP contribution in [0.3, 0.4) is 0 Å². The minimum absolute atomic E-state index is 0.101. The van der Waals surface area contributed by atoms with Crippen LogP contribution in [-0.2, 0) is 11.2 Å². The lowest BCUT2D eigenvalue weighted by molar-refractivity contribution is -0.114. The molecule has 0 amide bonds. The predicted octanol–water partition coefficient (Wildman–Crippen LogP) is 5.86. The summed E-state index contributed by atoms with van der Waals surface area (Å²) in [6.45, 7) is 13.0. The normalized spacial score (nSPS) is 13.3. The highest BCUT2D eigenvalue weighted by atomic mass is 19.1. The van der Waals surface area contributed by atoms with Crippen LogP contribution in [0.4, 0.5) is 27.4 Å². The van der Waals surface area contributed by atoms with Gasteiger partial charge in [0, 0.05) is 37.1 Å². The second-order valence-electron chi connectivity index (χ2n) is 7.92. The Balaban J connectivity index is 1.63. The van der Waals surface area contributed by atoms with Crippen LogP contribution in [0.15, 0.2) is 61.3 Å². The second kappa shape index (κ2) is 10.0. The molecule has 1 fully saturated rings. The topological polar surface area (TPSA) is 62.5 Å². The van der Waals surface area contributed by atoms with E-state index in [4.69, 9.17) is 6.57 Å². The Morgan fingerprint density at radius 2 is 2.03 bits per heavy atom. The monoisotopic (exact) mass is 441 g/mol. The number of allylic oxidation sites excluding steroid dienone is 1. The van der Waals surface area contributed by atoms with Crippen molar-refractivity contribution in [3.63, 3.8) is 0 Å². The zero-order valence-electron chi connectivity index (χ0n) is 18.2. The highest BCUT2D eigenvalue weighted by Gasteiger charge is 2.15. The van der Waals surface area contributed by atoms with E-state index >= 15 is 0 Å². The average Bonchev–Trinajstić information content (AvgIpc) is 2.86. The van der Waals surface area contributed by atoms with Gasteiger partial charge in [-0.25, -0.2) is 19.2 Å². The van der Waals surface area contributed by atoms with Crippen LogP contribution in [0.1, 0.15) is 24.8 Å². The molecule has 0 aliphatic carbocycles. The minimum atomic E-state index is -0.486. The van der Waals surface area contributed by atoms with Gasteiger partial charge in [0.05, 0.1) is 12.3 Å². The quantitative estimate of drug-likeness (QED) is 0.367. The molecule has 4 rings (SSSR count). The van der Waals surface area contributed by atoms with E-state index in [0.29, 0.717) is 17.2 Å². The summed E-state index contributed by atoms with van der Waals surface area (Å²) in [4.78, 5) is 26.4. The standard InChI is InChI=1S/C26H24FN5O/c1-3-22(33)15-19-14-18(10-11-23(19)27)25-24(28-2)17-29-26(31-25)30-20-8-7-9-21(16-20)32-12-5-4-6-13-32/h3,7-11,14,16-17H,1,4-6,12-13,15H2,(H,29,30,31). The summed E-state index contributed by atoms with van der Waals surface area (Å²) in [5.74, 6) is -0.434. The van der Waals surface area contributed by atoms with Crippen molar-refractivity contribution in [3.05, 3.63) is 84.1 Å². The number of carbonyl (C=O) groups excluding carboxylic acids is 1. The Bertz CT molecular complexity index is 1230. The molecule has 6 nitrogen and oxygen atoms in total. The summed E-state index contributed by atoms with van der Waals surface area (Å²) in [5, 5.41) is 3.22. The van der Waals surface area contributed by atoms with Gasteiger partial charge >= 0.3 is 0 Å². The van der Waals surface area contributed by atoms with E-state index in [2.05, 4.69) is 43.7 Å². The van der Waals surface area contributed by atoms with E-state index in [1.807, 2.05) is 12.1 Å². The molecule has 0 radical (unpaired) electrons. The van der Waals surface area contributed by atoms with Gasteiger partial charge in [-0.3, -0.25) is 4.79 Å². The lowest BCUT2D eigenvalue weighted by Gasteiger charge is -2.29. The number of aromatic nitrogens is 2. The number of carbonyl (C=O) groups is 1. The molecule has 1 saturated heterocycles. The van der Waals surface area contributed by atoms with Crippen LogP contribution in [0, 0.1) is 12.4 Å². The van der Waals surface area contributed by atoms with Gasteiger partial charge in [0.2, 0.25) is 11.6 Å². The summed E-state index contributed by atoms with van der Waals surface area (Å²) in [7, 11) is 0. The lowest BCUT2D eigenvalue weighted by Crippen LogP contribution is -2.29. The first kappa shape index (κ1) is 22.2. The number of benzene rings is 2. The van der Waals surface area contributed by atoms with Gasteiger partial charge in [0.15, 0.2) is 5.78 Å². The zero-order valence-corrected chi connectivity index (χ0v) is 18.2. The fourth-order valence-electron chi connectivity index (χ4n) is 3.91. The van der Waals surface area contributed by atoms with E-state index in [1.54, 1.807) is 12.1 Å². The molecule has 3 aromatic rings. The smallest absolute Gasteiger partial charge is 0.230 e. The van der Waals surface area contributed by atoms with Gasteiger partial charge in [-0.2, -0.15) is 0 Å². The highest BCUT2D eigenvalue weighted by Crippen LogP contribution is 2.31. The van der Waals surface area contributed by atoms with Crippen LogP contribution in [-0.4, -0.2) is 28.8 Å². The summed E-state index contributed by atoms with van der Waals surface area (Å²) in [6, 6.07) is 12.5. The maximum atomic E-state index is 14.2. The third-order valence-corrected chi connectivity index (χ3v) is 5.62. The number of piperidine rings is 1. The van der Waals surface area contributed by atoms with Gasteiger partial charge in [-0.1, -0.05) is 18.7 Å². The van der Waals surface area contributed by atoms with Gasteiger partial charge < -0.3 is 10.2 Å². The molecule has 2 aromatic carbocycles. The maximum absolute atomic E-state index is 14.2. The molecule has 0 unspecified atom stereocenters. The number of ketones is 1. The van der Waals surface area contributed by atoms with Crippen LogP contribution in [0.25, 0.3) is 16.1 Å². The SMILES string of the molecule is [C-]#[N+]c1cnc(Nc2cccc(N3CCCCC3)c2)nc1-c1ccc(F)c(CC(=O)C=C)c1. The Morgan fingerprint density at radius 1 is 1.21 bits per heavy atom. The number of hydrogen-bond acceptors (Lipinski definition) is 5. The molecule has 1 N–H and O–H groups in total. The molecular formula is C26H24FN5O. The number of nitrogens with zero attached hydrogens (tertiary/aromatic N) is 4. The minimum Gasteiger partial charge on any atom is -0.371 e. The first-order chi connectivity index (χ1) is 16.1. The largest absolute Gasteiger partial charge is 0.371 e. The summed E-state index contributed by atoms with van der Waals surface area (Å²) >= 11 is 0. The third kappa shape index (κ3) is 5.24. The Labute approximate surface area is 192 Å². The lowest BCUT2D eigenvalue weighted by atomic mass is 10.0. The Hall–Kier alpha value is -4.05. The number of anilines is 3. The van der Waals surface area contributed by atoms with Crippen molar-refractivity contribution in [3.8, 4) is 11.3 Å². The Morgan fingerprint density at radius 3 is 2.79 bits per heavy atom. The van der Waals surface area contributed by atoms with Crippen molar-refractivity contribution >= 4 is 28.8 Å². The fraction of sp³-hybridized carbons (Fsp3) is 0.231. The van der Waals surface area contributed by atoms with Crippen LogP contribution < -0.4 is 10.2 Å². The van der Waals surface area contributed by atoms with E-state index < -0.39 is 5.82 Å². The van der Waals surface area contributed by atoms with Crippen LogP contribution >= 0.6 is 0 Å². The van der Waals surface area contributed by atoms with Crippen molar-refractivity contribution < 1.29 is 9.18 Å². The van der Waals surface area contributed by atoms with E-state index in [9.17, 15) is 9.18 Å². The van der Waals surface area contributed by atoms with Crippen molar-refractivity contribution in [1.29, 1.82) is 0 Å². The highest BCUT2D eigenvalue weighted by molar-refractivity contribution is 5.91. The van der Waals surface area contributed by atoms with Gasteiger partial charge in [-0.05, 0) is 66.8 Å². The molecule has 7 heteroatoms. The molecule has 1 aromatic heterocycles. The Kier molecular flexibility index (Phi) is 6.75. The molecule has 0 saturated carbocycles. The number of nitrogens with one attached hydrogen (secondary N) is 1. The first-order valence-corrected chi connectivity index (χ1v) is 10.9. The van der Waals surface area contributed by atoms with E-state index in [-0.39, 0.29) is 23.5 Å². The first-order valence-electron chi connectivity index (χ1n) is 10.9. The fourth-order valence-corrected chi connectivity index (χ4v) is 3.91. The van der Waals surface area contributed by atoms with Crippen molar-refractivity contribution in [2.75, 3.05) is 23.3 Å². The zero-order chi connectivity index (χ0) is 23.2. The molecule has 1 aliphatic heterocycles. The average molecular weight is 442 g/mol. The summed E-state index contributed by atoms with van der Waals surface area (Å²) < 4.78 is 14.2. The molecule has 1 aliphatic rings. The second-order valence-corrected chi connectivity index (χ2v) is 7.92. The number of halogens is 1. The molecular weight excluding hydrogens is 417 g/mol. The molecule has 33 heavy (non-hydrogen) atoms. The predicted molar refractivity (Wildman–Crippen MR) is 128 cm³/mol. The third-order valence-electron chi connectivity index (χ3n) is 5.62. The molecule has 2 heterocycles. The van der Waals surface area contributed by atoms with Crippen molar-refractivity contribution in [1.82, 2.24) is 9.97 Å². The van der Waals surface area contributed by atoms with Gasteiger partial charge in [0.1, 0.15) is 5.82 Å². The summed E-state index contributed by atoms with van der Waals surface area (Å²) in [6.07, 6.45) is 6.17. The van der Waals surface area contributed by atoms with Crippen molar-refractivity contribution in [2.45, 2.75) is 25.7 Å². The maximum Gasteiger partial charge on any atom is 0.230 e. The number of hydrogen-bond donors (Lipinski definition) is 1. The van der Waals surface area contributed by atoms with Crippen LogP contribution in [0.5, 0.6) is 0 Å². The van der Waals surface area contributed by atoms with Crippen LogP contribution in [0.2, 0.25) is 0 Å². The summed E-state index contributed by atoms with van der Waals surface area (Å²) in [5.41, 5.74) is 3.39. The molecule has 0 spiro atoms. The molecule has 166 valence electrons.